The highest BCUT2D eigenvalue weighted by molar-refractivity contribution is 7.90. The number of carbonyl (C=O) groups is 1. The predicted molar refractivity (Wildman–Crippen MR) is 101 cm³/mol. The number of carbonyl (C=O) groups excluding carboxylic acids is 1. The molecule has 9 heteroatoms. The van der Waals surface area contributed by atoms with Crippen LogP contribution in [0.4, 0.5) is 4.39 Å². The predicted octanol–water partition coefficient (Wildman–Crippen LogP) is 1.04. The van der Waals surface area contributed by atoms with Gasteiger partial charge in [-0.05, 0) is 43.9 Å². The van der Waals surface area contributed by atoms with E-state index < -0.39 is 10.0 Å². The second-order valence-corrected chi connectivity index (χ2v) is 8.35. The molecule has 1 aromatic rings. The van der Waals surface area contributed by atoms with Gasteiger partial charge in [-0.2, -0.15) is 0 Å². The van der Waals surface area contributed by atoms with Gasteiger partial charge >= 0.3 is 0 Å². The molecule has 0 radical (unpaired) electrons. The van der Waals surface area contributed by atoms with E-state index >= 15 is 0 Å². The number of amidine groups is 1. The smallest absolute Gasteiger partial charge is 0.256 e. The maximum atomic E-state index is 13.5. The van der Waals surface area contributed by atoms with E-state index in [1.54, 1.807) is 23.2 Å². The fraction of sp³-hybridized carbons (Fsp3) is 0.333. The lowest BCUT2D eigenvalue weighted by molar-refractivity contribution is -0.117. The molecule has 1 atom stereocenters. The molecule has 3 rings (SSSR count). The summed E-state index contributed by atoms with van der Waals surface area (Å²) < 4.78 is 40.3. The van der Waals surface area contributed by atoms with Gasteiger partial charge in [0.25, 0.3) is 15.9 Å². The molecule has 0 fully saturated rings. The van der Waals surface area contributed by atoms with Gasteiger partial charge in [-0.15, -0.1) is 4.40 Å². The number of sulfonamides is 1. The monoisotopic (exact) mass is 392 g/mol. The number of amides is 1. The third-order valence-electron chi connectivity index (χ3n) is 4.40. The summed E-state index contributed by atoms with van der Waals surface area (Å²) in [4.78, 5) is 16.1. The molecule has 0 spiro atoms. The van der Waals surface area contributed by atoms with Crippen molar-refractivity contribution in [2.45, 2.75) is 6.04 Å². The van der Waals surface area contributed by atoms with Gasteiger partial charge in [-0.25, -0.2) is 12.8 Å². The summed E-state index contributed by atoms with van der Waals surface area (Å²) in [5.74, 6) is -0.390. The van der Waals surface area contributed by atoms with Crippen molar-refractivity contribution in [3.05, 3.63) is 59.6 Å². The standard InChI is InChI=1S/C18H21FN4O3S/c1-22(2)16(13-4-3-5-15(19)10-13)11-20-18(24)14-6-7-17-21-27(25,26)9-8-23(17)12-14/h3-7,10,12,16H,8-9,11H2,1-2H3,(H,20,24). The summed E-state index contributed by atoms with van der Waals surface area (Å²) in [7, 11) is 0.292. The minimum atomic E-state index is -3.43. The quantitative estimate of drug-likeness (QED) is 0.810. The van der Waals surface area contributed by atoms with E-state index in [2.05, 4.69) is 9.71 Å². The summed E-state index contributed by atoms with van der Waals surface area (Å²) >= 11 is 0. The fourth-order valence-corrected chi connectivity index (χ4v) is 3.91. The highest BCUT2D eigenvalue weighted by atomic mass is 32.2. The first kappa shape index (κ1) is 19.2. The van der Waals surface area contributed by atoms with Gasteiger partial charge in [0.2, 0.25) is 0 Å². The molecule has 27 heavy (non-hydrogen) atoms. The largest absolute Gasteiger partial charge is 0.350 e. The maximum Gasteiger partial charge on any atom is 0.256 e. The minimum Gasteiger partial charge on any atom is -0.350 e. The van der Waals surface area contributed by atoms with Crippen LogP contribution < -0.4 is 5.32 Å². The third-order valence-corrected chi connectivity index (χ3v) is 5.56. The van der Waals surface area contributed by atoms with Crippen molar-refractivity contribution in [1.82, 2.24) is 15.1 Å². The van der Waals surface area contributed by atoms with Gasteiger partial charge in [0.05, 0.1) is 17.4 Å². The molecule has 2 aliphatic rings. The second-order valence-electron chi connectivity index (χ2n) is 6.59. The number of nitrogens with zero attached hydrogens (tertiary/aromatic N) is 3. The Morgan fingerprint density at radius 2 is 2.15 bits per heavy atom. The number of nitrogens with one attached hydrogen (secondary N) is 1. The van der Waals surface area contributed by atoms with Crippen LogP contribution >= 0.6 is 0 Å². The van der Waals surface area contributed by atoms with Crippen LogP contribution in [0.2, 0.25) is 0 Å². The molecule has 144 valence electrons. The lowest BCUT2D eigenvalue weighted by Gasteiger charge is -2.28. The van der Waals surface area contributed by atoms with Gasteiger partial charge in [0, 0.05) is 19.3 Å². The summed E-state index contributed by atoms with van der Waals surface area (Å²) in [5, 5.41) is 2.86. The normalized spacial score (nSPS) is 19.2. The molecule has 1 aromatic carbocycles. The lowest BCUT2D eigenvalue weighted by Crippen LogP contribution is -2.39. The summed E-state index contributed by atoms with van der Waals surface area (Å²) in [6.45, 7) is 0.557. The second kappa shape index (κ2) is 7.61. The Morgan fingerprint density at radius 3 is 2.85 bits per heavy atom. The SMILES string of the molecule is CN(C)C(CNC(=O)C1=CN2CCS(=O)(=O)N=C2C=C1)c1cccc(F)c1. The molecule has 0 bridgehead atoms. The van der Waals surface area contributed by atoms with E-state index in [4.69, 9.17) is 0 Å². The van der Waals surface area contributed by atoms with Crippen molar-refractivity contribution in [2.75, 3.05) is 32.9 Å². The lowest BCUT2D eigenvalue weighted by atomic mass is 10.1. The average Bonchev–Trinajstić information content (AvgIpc) is 2.60. The molecule has 1 unspecified atom stereocenters. The molecule has 7 nitrogen and oxygen atoms in total. The number of hydrogen-bond donors (Lipinski definition) is 1. The van der Waals surface area contributed by atoms with Crippen LogP contribution in [-0.2, 0) is 14.8 Å². The van der Waals surface area contributed by atoms with E-state index in [1.807, 2.05) is 25.1 Å². The Labute approximate surface area is 157 Å². The van der Waals surface area contributed by atoms with Crippen molar-refractivity contribution in [2.24, 2.45) is 4.40 Å². The Hall–Kier alpha value is -2.52. The molecule has 1 amide bonds. The number of benzene rings is 1. The summed E-state index contributed by atoms with van der Waals surface area (Å²) in [6.07, 6.45) is 4.65. The molecule has 1 N–H and O–H groups in total. The average molecular weight is 392 g/mol. The van der Waals surface area contributed by atoms with Gasteiger partial charge in [0.15, 0.2) is 0 Å². The number of halogens is 1. The van der Waals surface area contributed by atoms with E-state index in [0.717, 1.165) is 5.56 Å². The molecule has 0 aliphatic carbocycles. The van der Waals surface area contributed by atoms with Crippen LogP contribution in [-0.4, -0.2) is 62.9 Å². The highest BCUT2D eigenvalue weighted by Crippen LogP contribution is 2.19. The Kier molecular flexibility index (Phi) is 5.43. The van der Waals surface area contributed by atoms with Crippen molar-refractivity contribution < 1.29 is 17.6 Å². The van der Waals surface area contributed by atoms with Crippen molar-refractivity contribution in [3.63, 3.8) is 0 Å². The molecule has 2 heterocycles. The molecule has 2 aliphatic heterocycles. The maximum absolute atomic E-state index is 13.5. The van der Waals surface area contributed by atoms with E-state index in [-0.39, 0.29) is 30.1 Å². The summed E-state index contributed by atoms with van der Waals surface area (Å²) in [5.41, 5.74) is 1.18. The zero-order valence-electron chi connectivity index (χ0n) is 15.1. The van der Waals surface area contributed by atoms with Crippen LogP contribution in [0.1, 0.15) is 11.6 Å². The van der Waals surface area contributed by atoms with Crippen LogP contribution in [0.5, 0.6) is 0 Å². The van der Waals surface area contributed by atoms with E-state index in [0.29, 0.717) is 18.0 Å². The summed E-state index contributed by atoms with van der Waals surface area (Å²) in [6, 6.07) is 6.10. The molecular weight excluding hydrogens is 371 g/mol. The van der Waals surface area contributed by atoms with Crippen molar-refractivity contribution >= 4 is 21.8 Å². The first-order chi connectivity index (χ1) is 12.7. The first-order valence-corrected chi connectivity index (χ1v) is 10.1. The van der Waals surface area contributed by atoms with Gasteiger partial charge < -0.3 is 15.1 Å². The van der Waals surface area contributed by atoms with Crippen LogP contribution in [0.15, 0.2) is 52.6 Å². The zero-order chi connectivity index (χ0) is 19.6. The highest BCUT2D eigenvalue weighted by Gasteiger charge is 2.25. The van der Waals surface area contributed by atoms with Gasteiger partial charge in [-0.1, -0.05) is 12.1 Å². The van der Waals surface area contributed by atoms with Crippen LogP contribution in [0.25, 0.3) is 0 Å². The van der Waals surface area contributed by atoms with Crippen molar-refractivity contribution in [3.8, 4) is 0 Å². The topological polar surface area (TPSA) is 82.1 Å². The van der Waals surface area contributed by atoms with Crippen molar-refractivity contribution in [1.29, 1.82) is 0 Å². The number of hydrogen-bond acceptors (Lipinski definition) is 5. The minimum absolute atomic E-state index is 0.0853. The number of fused-ring (bicyclic) bond motifs is 1. The molecule has 0 aromatic heterocycles. The Morgan fingerprint density at radius 1 is 1.37 bits per heavy atom. The molecule has 0 saturated carbocycles. The number of rotatable bonds is 5. The first-order valence-electron chi connectivity index (χ1n) is 8.44. The fourth-order valence-electron chi connectivity index (χ4n) is 2.94. The Balaban J connectivity index is 1.69. The van der Waals surface area contributed by atoms with Crippen LogP contribution in [0, 0.1) is 5.82 Å². The third kappa shape index (κ3) is 4.61. The number of likely N-dealkylation sites (N-methyl/N-ethyl adjacent to an activating group) is 1. The van der Waals surface area contributed by atoms with E-state index in [9.17, 15) is 17.6 Å². The van der Waals surface area contributed by atoms with Crippen LogP contribution in [0.3, 0.4) is 0 Å². The Bertz CT molecular complexity index is 938. The van der Waals surface area contributed by atoms with Gasteiger partial charge in [-0.3, -0.25) is 4.79 Å². The molecule has 0 saturated heterocycles. The van der Waals surface area contributed by atoms with Gasteiger partial charge in [0.1, 0.15) is 11.7 Å². The molecular formula is C18H21FN4O3S. The zero-order valence-corrected chi connectivity index (χ0v) is 15.9. The van der Waals surface area contributed by atoms with E-state index in [1.165, 1.54) is 18.2 Å².